The van der Waals surface area contributed by atoms with Crippen LogP contribution in [0.1, 0.15) is 17.1 Å². The van der Waals surface area contributed by atoms with Crippen LogP contribution in [0.5, 0.6) is 0 Å². The summed E-state index contributed by atoms with van der Waals surface area (Å²) in [6.45, 7) is 6.05. The van der Waals surface area contributed by atoms with Gasteiger partial charge in [0.2, 0.25) is 4.77 Å². The summed E-state index contributed by atoms with van der Waals surface area (Å²) >= 11 is 6.88. The molecule has 0 aliphatic heterocycles. The van der Waals surface area contributed by atoms with Crippen LogP contribution in [0, 0.1) is 25.5 Å². The average molecular weight is 301 g/mol. The molecule has 0 fully saturated rings. The molecule has 1 N–H and O–H groups in total. The predicted octanol–water partition coefficient (Wildman–Crippen LogP) is 3.48. The van der Waals surface area contributed by atoms with Crippen molar-refractivity contribution >= 4 is 49.6 Å². The Morgan fingerprint density at radius 1 is 1.25 bits per heavy atom. The third-order valence-corrected chi connectivity index (χ3v) is 4.78. The molecular weight excluding hydrogens is 290 g/mol. The van der Waals surface area contributed by atoms with Gasteiger partial charge < -0.3 is 0 Å². The van der Waals surface area contributed by atoms with Gasteiger partial charge in [0, 0.05) is 11.1 Å². The summed E-state index contributed by atoms with van der Waals surface area (Å²) < 4.78 is 3.47. The Morgan fingerprint density at radius 2 is 2.05 bits per heavy atom. The summed E-state index contributed by atoms with van der Waals surface area (Å²) in [6.07, 6.45) is 0. The number of fused-ring (bicyclic) bond motifs is 5. The number of H-pyrrole nitrogens is 1. The van der Waals surface area contributed by atoms with Gasteiger partial charge in [-0.3, -0.25) is 9.50 Å². The first-order chi connectivity index (χ1) is 9.56. The molecule has 5 nitrogen and oxygen atoms in total. The zero-order chi connectivity index (χ0) is 14.0. The van der Waals surface area contributed by atoms with E-state index in [4.69, 9.17) is 17.2 Å². The lowest BCUT2D eigenvalue weighted by Gasteiger charge is -2.01. The number of rotatable bonds is 0. The Morgan fingerprint density at radius 3 is 2.85 bits per heavy atom. The zero-order valence-electron chi connectivity index (χ0n) is 11.2. The van der Waals surface area contributed by atoms with E-state index < -0.39 is 0 Å². The molecule has 20 heavy (non-hydrogen) atoms. The van der Waals surface area contributed by atoms with Crippen molar-refractivity contribution in [3.8, 4) is 0 Å². The van der Waals surface area contributed by atoms with E-state index in [0.29, 0.717) is 4.77 Å². The second kappa shape index (κ2) is 3.83. The van der Waals surface area contributed by atoms with Crippen LogP contribution < -0.4 is 0 Å². The number of aromatic nitrogens is 5. The molecule has 4 aromatic heterocycles. The van der Waals surface area contributed by atoms with Gasteiger partial charge in [-0.15, -0.1) is 11.3 Å². The van der Waals surface area contributed by atoms with Crippen molar-refractivity contribution in [3.05, 3.63) is 27.9 Å². The fraction of sp³-hybridized carbons (Fsp3) is 0.231. The molecule has 0 unspecified atom stereocenters. The second-order valence-electron chi connectivity index (χ2n) is 4.89. The first kappa shape index (κ1) is 11.9. The highest BCUT2D eigenvalue weighted by Gasteiger charge is 2.16. The monoisotopic (exact) mass is 301 g/mol. The molecule has 0 radical (unpaired) electrons. The van der Waals surface area contributed by atoms with E-state index in [-0.39, 0.29) is 0 Å². The van der Waals surface area contributed by atoms with Crippen LogP contribution in [-0.2, 0) is 0 Å². The topological polar surface area (TPSA) is 58.9 Å². The van der Waals surface area contributed by atoms with E-state index >= 15 is 0 Å². The summed E-state index contributed by atoms with van der Waals surface area (Å²) in [7, 11) is 0. The van der Waals surface area contributed by atoms with Crippen molar-refractivity contribution in [2.24, 2.45) is 0 Å². The maximum Gasteiger partial charge on any atom is 0.201 e. The largest absolute Gasteiger partial charge is 0.255 e. The molecular formula is C13H11N5S2. The maximum absolute atomic E-state index is 5.26. The van der Waals surface area contributed by atoms with Gasteiger partial charge in [-0.25, -0.2) is 9.97 Å². The van der Waals surface area contributed by atoms with Gasteiger partial charge in [0.05, 0.1) is 5.52 Å². The molecule has 0 saturated heterocycles. The molecule has 100 valence electrons. The fourth-order valence-electron chi connectivity index (χ4n) is 2.64. The standard InChI is InChI=1S/C13H11N5S2/c1-5-4-6(2)14-12-8(5)9-10(20-12)11-16-17-13(19)18(11)7(3)15-9/h4H,1-3H3,(H,17,19). The molecule has 7 heteroatoms. The van der Waals surface area contributed by atoms with Gasteiger partial charge in [0.25, 0.3) is 0 Å². The molecule has 4 rings (SSSR count). The van der Waals surface area contributed by atoms with Crippen LogP contribution in [-0.4, -0.2) is 24.6 Å². The van der Waals surface area contributed by atoms with Crippen LogP contribution in [0.25, 0.3) is 26.1 Å². The van der Waals surface area contributed by atoms with Crippen molar-refractivity contribution in [1.29, 1.82) is 0 Å². The summed E-state index contributed by atoms with van der Waals surface area (Å²) in [5, 5.41) is 8.31. The number of thiophene rings is 1. The van der Waals surface area contributed by atoms with Crippen molar-refractivity contribution in [2.45, 2.75) is 20.8 Å². The third-order valence-electron chi connectivity index (χ3n) is 3.43. The van der Waals surface area contributed by atoms with Crippen LogP contribution in [0.2, 0.25) is 0 Å². The van der Waals surface area contributed by atoms with Crippen LogP contribution >= 0.6 is 23.6 Å². The van der Waals surface area contributed by atoms with Gasteiger partial charge >= 0.3 is 0 Å². The molecule has 0 bridgehead atoms. The number of hydrogen-bond acceptors (Lipinski definition) is 5. The lowest BCUT2D eigenvalue weighted by atomic mass is 10.1. The van der Waals surface area contributed by atoms with E-state index in [1.807, 2.05) is 18.2 Å². The SMILES string of the molecule is Cc1cc(C)c2c(n1)sc1c2nc(C)n2c(=S)[nH]nc12. The Bertz CT molecular complexity index is 1050. The molecule has 0 amide bonds. The number of nitrogens with one attached hydrogen (secondary N) is 1. The molecule has 4 heterocycles. The summed E-state index contributed by atoms with van der Waals surface area (Å²) in [5.74, 6) is 0.839. The van der Waals surface area contributed by atoms with Crippen LogP contribution in [0.3, 0.4) is 0 Å². The smallest absolute Gasteiger partial charge is 0.201 e. The molecule has 0 aromatic carbocycles. The number of aromatic amines is 1. The minimum Gasteiger partial charge on any atom is -0.255 e. The van der Waals surface area contributed by atoms with Gasteiger partial charge in [-0.1, -0.05) is 0 Å². The van der Waals surface area contributed by atoms with E-state index in [0.717, 1.165) is 37.6 Å². The minimum atomic E-state index is 0.574. The maximum atomic E-state index is 5.26. The highest BCUT2D eigenvalue weighted by molar-refractivity contribution is 7.71. The molecule has 0 aliphatic rings. The van der Waals surface area contributed by atoms with E-state index in [1.165, 1.54) is 5.56 Å². The number of hydrogen-bond donors (Lipinski definition) is 1. The van der Waals surface area contributed by atoms with Gasteiger partial charge in [-0.05, 0) is 44.6 Å². The normalized spacial score (nSPS) is 11.9. The van der Waals surface area contributed by atoms with Gasteiger partial charge in [-0.2, -0.15) is 5.10 Å². The second-order valence-corrected chi connectivity index (χ2v) is 6.27. The van der Waals surface area contributed by atoms with Crippen molar-refractivity contribution in [1.82, 2.24) is 24.6 Å². The van der Waals surface area contributed by atoms with E-state index in [1.54, 1.807) is 11.3 Å². The minimum absolute atomic E-state index is 0.574. The Balaban J connectivity index is 2.37. The molecule has 0 aliphatic carbocycles. The number of pyridine rings is 1. The quantitative estimate of drug-likeness (QED) is 0.505. The lowest BCUT2D eigenvalue weighted by Crippen LogP contribution is -1.95. The fourth-order valence-corrected chi connectivity index (χ4v) is 4.12. The van der Waals surface area contributed by atoms with Gasteiger partial charge in [0.1, 0.15) is 15.4 Å². The Kier molecular flexibility index (Phi) is 2.28. The van der Waals surface area contributed by atoms with Crippen molar-refractivity contribution in [3.63, 3.8) is 0 Å². The first-order valence-corrected chi connectivity index (χ1v) is 7.43. The van der Waals surface area contributed by atoms with E-state index in [2.05, 4.69) is 28.2 Å². The highest BCUT2D eigenvalue weighted by atomic mass is 32.1. The third kappa shape index (κ3) is 1.41. The van der Waals surface area contributed by atoms with E-state index in [9.17, 15) is 0 Å². The van der Waals surface area contributed by atoms with Crippen LogP contribution in [0.4, 0.5) is 0 Å². The average Bonchev–Trinajstić information content (AvgIpc) is 2.90. The number of nitrogens with zero attached hydrogens (tertiary/aromatic N) is 4. The molecule has 0 spiro atoms. The predicted molar refractivity (Wildman–Crippen MR) is 83.1 cm³/mol. The highest BCUT2D eigenvalue weighted by Crippen LogP contribution is 2.35. The number of aryl methyl sites for hydroxylation is 3. The first-order valence-electron chi connectivity index (χ1n) is 6.20. The molecule has 0 atom stereocenters. The van der Waals surface area contributed by atoms with Crippen molar-refractivity contribution in [2.75, 3.05) is 0 Å². The summed E-state index contributed by atoms with van der Waals surface area (Å²) in [5.41, 5.74) is 4.02. The van der Waals surface area contributed by atoms with Crippen LogP contribution in [0.15, 0.2) is 6.07 Å². The Hall–Kier alpha value is -1.86. The van der Waals surface area contributed by atoms with Gasteiger partial charge in [0.15, 0.2) is 5.65 Å². The lowest BCUT2D eigenvalue weighted by molar-refractivity contribution is 0.986. The molecule has 4 aromatic rings. The molecule has 0 saturated carbocycles. The summed E-state index contributed by atoms with van der Waals surface area (Å²) in [6, 6.07) is 2.09. The van der Waals surface area contributed by atoms with Crippen molar-refractivity contribution < 1.29 is 0 Å². The summed E-state index contributed by atoms with van der Waals surface area (Å²) in [4.78, 5) is 10.4. The zero-order valence-corrected chi connectivity index (χ0v) is 12.8. The Labute approximate surface area is 123 Å².